The fraction of sp³-hybridized carbons (Fsp3) is 0.479. The molecule has 3 aliphatic heterocycles. The Kier molecular flexibility index (Phi) is 22.0. The van der Waals surface area contributed by atoms with Gasteiger partial charge in [-0.3, -0.25) is 32.6 Å². The van der Waals surface area contributed by atoms with Crippen LogP contribution in [0.1, 0.15) is 109 Å². The zero-order valence-electron chi connectivity index (χ0n) is 44.5. The zero-order chi connectivity index (χ0) is 59.7. The summed E-state index contributed by atoms with van der Waals surface area (Å²) in [6.07, 6.45) is 8.56. The number of rotatable bonds is 29. The summed E-state index contributed by atoms with van der Waals surface area (Å²) in [7, 11) is -23.1. The van der Waals surface area contributed by atoms with E-state index in [0.717, 1.165) is 45.0 Å². The number of anilines is 2. The number of allylic oxidation sites excluding steroid dienone is 4. The van der Waals surface area contributed by atoms with Gasteiger partial charge in [0, 0.05) is 90.1 Å². The molecule has 0 spiro atoms. The van der Waals surface area contributed by atoms with E-state index in [1.807, 2.05) is 57.2 Å². The smallest absolute Gasteiger partial charge is 0.351 e. The van der Waals surface area contributed by atoms with Gasteiger partial charge >= 0.3 is 5.69 Å². The van der Waals surface area contributed by atoms with Crippen LogP contribution in [-0.2, 0) is 71.5 Å². The van der Waals surface area contributed by atoms with Gasteiger partial charge in [0.15, 0.2) is 5.71 Å². The first-order valence-corrected chi connectivity index (χ1v) is 31.8. The van der Waals surface area contributed by atoms with E-state index in [2.05, 4.69) is 61.5 Å². The molecule has 446 valence electrons. The van der Waals surface area contributed by atoms with E-state index in [4.69, 9.17) is 10.5 Å². The Morgan fingerprint density at radius 3 is 2.37 bits per heavy atom. The minimum absolute atomic E-state index is 0.0460. The summed E-state index contributed by atoms with van der Waals surface area (Å²) in [6.45, 7) is 10.7. The van der Waals surface area contributed by atoms with E-state index in [1.54, 1.807) is 6.07 Å². The minimum Gasteiger partial charge on any atom is -0.790 e. The monoisotopic (exact) mass is 1230 g/mol. The number of hydrogen-bond acceptors (Lipinski definition) is 25. The van der Waals surface area contributed by atoms with E-state index in [1.165, 1.54) is 30.5 Å². The molecule has 6 rings (SSSR count). The Hall–Kier alpha value is -4.78. The van der Waals surface area contributed by atoms with Crippen molar-refractivity contribution in [1.82, 2.24) is 20.2 Å². The number of nitrogens with two attached hydrogens (primary N) is 1. The molecule has 2 amide bonds. The van der Waals surface area contributed by atoms with Gasteiger partial charge in [0.25, 0.3) is 15.6 Å². The molecule has 1 saturated heterocycles. The predicted molar refractivity (Wildman–Crippen MR) is 281 cm³/mol. The molecule has 1 fully saturated rings. The molecule has 4 heterocycles. The molecule has 3 aromatic rings. The number of carbonyl (C=O) groups is 2. The average molecular weight is 1230 g/mol. The van der Waals surface area contributed by atoms with E-state index in [-0.39, 0.29) is 53.9 Å². The molecule has 81 heavy (non-hydrogen) atoms. The first-order chi connectivity index (χ1) is 37.9. The van der Waals surface area contributed by atoms with Crippen molar-refractivity contribution in [1.29, 1.82) is 0 Å². The number of phosphoric acid groups is 3. The maximum atomic E-state index is 13.1. The van der Waals surface area contributed by atoms with Crippen molar-refractivity contribution >= 4 is 86.4 Å². The number of carbonyl (C=O) groups excluding carboxylic acids is 2. The van der Waals surface area contributed by atoms with Crippen LogP contribution < -0.4 is 51.8 Å². The number of nitrogens with zero attached hydrogens (tertiary/aromatic N) is 4. The van der Waals surface area contributed by atoms with Crippen molar-refractivity contribution in [2.75, 3.05) is 43.4 Å². The number of hydrogen-bond donors (Lipinski definition) is 4. The Morgan fingerprint density at radius 1 is 0.975 bits per heavy atom. The normalized spacial score (nSPS) is 21.9. The van der Waals surface area contributed by atoms with Crippen molar-refractivity contribution in [3.8, 4) is 0 Å². The second-order valence-corrected chi connectivity index (χ2v) is 25.9. The molecular formula is C48H61N7O21P3S2-5. The molecular weight excluding hydrogens is 1170 g/mol. The Morgan fingerprint density at radius 2 is 1.69 bits per heavy atom. The molecule has 2 aromatic carbocycles. The van der Waals surface area contributed by atoms with Crippen LogP contribution in [-0.4, -0.2) is 94.7 Å². The van der Waals surface area contributed by atoms with Crippen molar-refractivity contribution < 1.29 is 98.0 Å². The summed E-state index contributed by atoms with van der Waals surface area (Å²) >= 11 is 0.818. The first-order valence-electron chi connectivity index (χ1n) is 25.3. The molecule has 0 bridgehead atoms. The fourth-order valence-corrected chi connectivity index (χ4v) is 13.6. The van der Waals surface area contributed by atoms with E-state index >= 15 is 0 Å². The number of nitrogen functional groups attached to an aromatic ring is 1. The Labute approximate surface area is 470 Å². The SMILES string of the molecule is CCN1/C(=C/C=C/C2=[N+](CC)c3ccc(SOO[O-])cc3C2(C)C)C(C)(CCCC(=O)NCCCCCC(=O)NC/C=C/c2cn([C@H]3C[C@@H](O)[C@@H](COP(=O)([O-])OP(=O)([O-])OP(=O)([O-])[O-])O3)c(=O)nc2N)c2cc(S(=O)(=O)[O-])ccc21. The fourth-order valence-electron chi connectivity index (χ4n) is 9.89. The minimum atomic E-state index is -6.22. The van der Waals surface area contributed by atoms with Crippen LogP contribution in [0.3, 0.4) is 0 Å². The lowest BCUT2D eigenvalue weighted by molar-refractivity contribution is -0.777. The molecule has 3 aliphatic rings. The van der Waals surface area contributed by atoms with Crippen LogP contribution in [0, 0.1) is 0 Å². The lowest BCUT2D eigenvalue weighted by Crippen LogP contribution is -2.30. The molecule has 0 aliphatic carbocycles. The van der Waals surface area contributed by atoms with E-state index in [9.17, 15) is 71.0 Å². The number of benzene rings is 2. The summed E-state index contributed by atoms with van der Waals surface area (Å²) in [5, 5.41) is 30.1. The third-order valence-corrected chi connectivity index (χ3v) is 18.7. The van der Waals surface area contributed by atoms with Gasteiger partial charge in [-0.15, -0.1) is 0 Å². The molecule has 6 atom stereocenters. The molecule has 3 unspecified atom stereocenters. The van der Waals surface area contributed by atoms with Gasteiger partial charge in [-0.2, -0.15) is 13.9 Å². The standard InChI is InChI=1S/C48H66N7O21P3S2/c1-6-53-36-21-19-32(80-74-73-60)26-34(36)47(3,4)40(53)15-11-16-41-48(5,35-27-33(81(68,69)70)20-22-37(35)54(41)7-2)23-12-18-43(58)50-24-10-8-9-17-42(57)51-25-13-14-31-29-55(46(59)52-45(31)49)44-28-38(56)39(72-44)30-71-78(64,65)76-79(66,67)75-77(61,62)63/h11,13-16,19-22,26-27,29,38-39,44,56H,6-10,12,17-18,23-25,28,30H2,1-5H3,(H9-,49,50,51,52,57,58,59,60,61,62,63,64,65,66,67,68,69,70)/p-5/b14-13+/t38-,39-,44-,48?/m1/s1. The second kappa shape index (κ2) is 27.3. The van der Waals surface area contributed by atoms with Crippen molar-refractivity contribution in [2.45, 2.75) is 125 Å². The number of ether oxygens (including phenoxy) is 1. The van der Waals surface area contributed by atoms with Crippen LogP contribution in [0.25, 0.3) is 6.08 Å². The van der Waals surface area contributed by atoms with Crippen LogP contribution in [0.2, 0.25) is 0 Å². The number of phosphoric ester groups is 1. The van der Waals surface area contributed by atoms with Crippen LogP contribution in [0.5, 0.6) is 0 Å². The summed E-state index contributed by atoms with van der Waals surface area (Å²) < 4.78 is 94.9. The Balaban J connectivity index is 0.966. The topological polar surface area (TPSA) is 425 Å². The van der Waals surface area contributed by atoms with Gasteiger partial charge in [-0.05, 0) is 102 Å². The first kappa shape index (κ1) is 65.4. The third-order valence-electron chi connectivity index (χ3n) is 13.7. The number of aliphatic hydroxyl groups excluding tert-OH is 1. The maximum absolute atomic E-state index is 13.1. The van der Waals surface area contributed by atoms with E-state index < -0.39 is 75.1 Å². The van der Waals surface area contributed by atoms with Crippen molar-refractivity contribution in [2.24, 2.45) is 0 Å². The lowest BCUT2D eigenvalue weighted by atomic mass is 9.77. The summed E-state index contributed by atoms with van der Waals surface area (Å²) in [5.74, 6) is -0.659. The van der Waals surface area contributed by atoms with E-state index in [0.29, 0.717) is 62.2 Å². The summed E-state index contributed by atoms with van der Waals surface area (Å²) in [6, 6.07) is 10.2. The highest BCUT2D eigenvalue weighted by Crippen LogP contribution is 2.60. The van der Waals surface area contributed by atoms with Gasteiger partial charge in [-0.1, -0.05) is 24.6 Å². The number of unbranched alkanes of at least 4 members (excludes halogenated alkanes) is 2. The van der Waals surface area contributed by atoms with Crippen LogP contribution in [0.15, 0.2) is 87.2 Å². The van der Waals surface area contributed by atoms with Gasteiger partial charge in [-0.25, -0.2) is 17.5 Å². The molecule has 1 aromatic heterocycles. The number of nitrogens with one attached hydrogen (secondary N) is 2. The number of likely N-dealkylation sites (N-methyl/N-ethyl adjacent to an activating group) is 1. The predicted octanol–water partition coefficient (Wildman–Crippen LogP) is 1.73. The van der Waals surface area contributed by atoms with Crippen LogP contribution >= 0.6 is 35.5 Å². The number of amides is 2. The average Bonchev–Trinajstić information content (AvgIpc) is 4.18. The summed E-state index contributed by atoms with van der Waals surface area (Å²) in [5.41, 5.74) is 9.28. The quantitative estimate of drug-likeness (QED) is 0.0146. The van der Waals surface area contributed by atoms with Gasteiger partial charge in [0.1, 0.15) is 34.8 Å². The molecule has 0 saturated carbocycles. The van der Waals surface area contributed by atoms with Gasteiger partial charge in [0.05, 0.1) is 42.9 Å². The van der Waals surface area contributed by atoms with Gasteiger partial charge < -0.3 is 69.6 Å². The van der Waals surface area contributed by atoms with Crippen molar-refractivity contribution in [3.05, 3.63) is 99.8 Å². The lowest BCUT2D eigenvalue weighted by Gasteiger charge is -2.37. The van der Waals surface area contributed by atoms with Gasteiger partial charge in [0.2, 0.25) is 17.5 Å². The molecule has 0 radical (unpaired) electrons. The molecule has 33 heteroatoms. The zero-order valence-corrected chi connectivity index (χ0v) is 48.8. The number of aromatic nitrogens is 2. The maximum Gasteiger partial charge on any atom is 0.351 e. The second-order valence-electron chi connectivity index (χ2n) is 19.5. The van der Waals surface area contributed by atoms with Crippen molar-refractivity contribution in [3.63, 3.8) is 0 Å². The number of fused-ring (bicyclic) bond motifs is 2. The third kappa shape index (κ3) is 17.0. The highest BCUT2D eigenvalue weighted by atomic mass is 32.2. The number of aliphatic hydroxyl groups is 1. The highest BCUT2D eigenvalue weighted by Gasteiger charge is 2.46. The molecule has 28 nitrogen and oxygen atoms in total. The molecule has 5 N–H and O–H groups in total. The Bertz CT molecular complexity index is 3280. The summed E-state index contributed by atoms with van der Waals surface area (Å²) in [4.78, 5) is 89.1. The largest absolute Gasteiger partial charge is 0.790 e. The highest BCUT2D eigenvalue weighted by molar-refractivity contribution is 7.94. The van der Waals surface area contributed by atoms with Crippen LogP contribution in [0.4, 0.5) is 17.2 Å².